The minimum atomic E-state index is -4.46. The molecule has 3 atom stereocenters. The molecule has 0 spiro atoms. The number of phosphoric acid groups is 1. The van der Waals surface area contributed by atoms with Gasteiger partial charge in [0, 0.05) is 12.8 Å². The number of nitrogens with zero attached hydrogens (tertiary/aromatic N) is 1. The molecule has 0 saturated carbocycles. The van der Waals surface area contributed by atoms with Crippen molar-refractivity contribution < 1.29 is 37.3 Å². The van der Waals surface area contributed by atoms with Crippen LogP contribution in [0.2, 0.25) is 0 Å². The number of ether oxygens (including phenoxy) is 1. The van der Waals surface area contributed by atoms with Gasteiger partial charge in [0.15, 0.2) is 0 Å². The molecule has 78 heavy (non-hydrogen) atoms. The molecule has 0 aliphatic carbocycles. The van der Waals surface area contributed by atoms with Crippen molar-refractivity contribution >= 4 is 19.7 Å². The van der Waals surface area contributed by atoms with Crippen LogP contribution in [-0.4, -0.2) is 74.3 Å². The fraction of sp³-hybridized carbons (Fsp3) is 0.794. The highest BCUT2D eigenvalue weighted by molar-refractivity contribution is 7.47. The van der Waals surface area contributed by atoms with Crippen LogP contribution in [0.5, 0.6) is 0 Å². The predicted molar refractivity (Wildman–Crippen MR) is 337 cm³/mol. The maximum atomic E-state index is 13.6. The van der Waals surface area contributed by atoms with Crippen LogP contribution in [-0.2, 0) is 27.9 Å². The minimum absolute atomic E-state index is 0.0358. The number of carbonyl (C=O) groups excluding carboxylic acids is 2. The molecule has 10 heteroatoms. The Labute approximate surface area is 483 Å². The van der Waals surface area contributed by atoms with E-state index in [0.717, 1.165) is 96.3 Å². The number of allylic oxidation sites excluding steroid dienone is 11. The first kappa shape index (κ1) is 75.5. The van der Waals surface area contributed by atoms with Gasteiger partial charge in [-0.15, -0.1) is 0 Å². The van der Waals surface area contributed by atoms with E-state index in [1.54, 1.807) is 0 Å². The number of hydrogen-bond acceptors (Lipinski definition) is 6. The third kappa shape index (κ3) is 58.1. The molecule has 3 unspecified atom stereocenters. The lowest BCUT2D eigenvalue weighted by Gasteiger charge is -2.27. The molecule has 0 aromatic rings. The van der Waals surface area contributed by atoms with Crippen molar-refractivity contribution in [2.45, 2.75) is 309 Å². The van der Waals surface area contributed by atoms with Crippen molar-refractivity contribution in [3.05, 3.63) is 72.9 Å². The van der Waals surface area contributed by atoms with Crippen LogP contribution in [0.3, 0.4) is 0 Å². The summed E-state index contributed by atoms with van der Waals surface area (Å²) in [5.41, 5.74) is 0. The smallest absolute Gasteiger partial charge is 0.456 e. The van der Waals surface area contributed by atoms with E-state index < -0.39 is 20.0 Å². The van der Waals surface area contributed by atoms with Gasteiger partial charge in [-0.25, -0.2) is 4.57 Å². The van der Waals surface area contributed by atoms with Gasteiger partial charge in [-0.2, -0.15) is 0 Å². The van der Waals surface area contributed by atoms with Gasteiger partial charge < -0.3 is 19.4 Å². The zero-order valence-electron chi connectivity index (χ0n) is 51.9. The lowest BCUT2D eigenvalue weighted by molar-refractivity contribution is -0.870. The number of hydrogen-bond donors (Lipinski definition) is 2. The van der Waals surface area contributed by atoms with Crippen molar-refractivity contribution in [1.29, 1.82) is 0 Å². The molecule has 0 aromatic heterocycles. The second-order valence-corrected chi connectivity index (χ2v) is 24.7. The zero-order chi connectivity index (χ0) is 57.2. The second-order valence-electron chi connectivity index (χ2n) is 23.3. The van der Waals surface area contributed by atoms with Crippen LogP contribution in [0.25, 0.3) is 0 Å². The van der Waals surface area contributed by atoms with E-state index >= 15 is 0 Å². The zero-order valence-corrected chi connectivity index (χ0v) is 52.8. The van der Waals surface area contributed by atoms with E-state index in [1.807, 2.05) is 33.3 Å². The molecule has 0 bridgehead atoms. The van der Waals surface area contributed by atoms with E-state index in [9.17, 15) is 19.0 Å². The average Bonchev–Trinajstić information content (AvgIpc) is 3.40. The summed E-state index contributed by atoms with van der Waals surface area (Å²) in [6, 6.07) is -0.858. The average molecular weight is 1110 g/mol. The normalized spacial score (nSPS) is 14.1. The highest BCUT2D eigenvalue weighted by atomic mass is 31.2. The summed E-state index contributed by atoms with van der Waals surface area (Å²) >= 11 is 0. The molecule has 1 amide bonds. The minimum Gasteiger partial charge on any atom is -0.456 e. The summed E-state index contributed by atoms with van der Waals surface area (Å²) < 4.78 is 30.8. The summed E-state index contributed by atoms with van der Waals surface area (Å²) in [7, 11) is 1.49. The molecule has 0 heterocycles. The number of nitrogens with one attached hydrogen (secondary N) is 1. The van der Waals surface area contributed by atoms with Crippen LogP contribution in [0.4, 0.5) is 0 Å². The number of carbonyl (C=O) groups is 2. The maximum absolute atomic E-state index is 13.6. The maximum Gasteiger partial charge on any atom is 0.472 e. The van der Waals surface area contributed by atoms with Crippen molar-refractivity contribution in [3.63, 3.8) is 0 Å². The Balaban J connectivity index is 5.19. The van der Waals surface area contributed by atoms with Gasteiger partial charge in [-0.3, -0.25) is 18.6 Å². The molecule has 0 fully saturated rings. The van der Waals surface area contributed by atoms with E-state index in [1.165, 1.54) is 167 Å². The molecule has 0 aliphatic heterocycles. The molecular formula is C68H126N2O7P+. The molecule has 454 valence electrons. The summed E-state index contributed by atoms with van der Waals surface area (Å²) in [5, 5.41) is 3.06. The Morgan fingerprint density at radius 3 is 1.26 bits per heavy atom. The number of amides is 1. The standard InChI is InChI=1S/C68H125N2O7P/c1-7-10-13-16-19-22-25-28-30-32-33-34-35-36-37-38-40-43-46-49-52-55-58-61-68(72)77-66(59-56-53-50-47-44-41-27-24-21-18-15-12-9-3)65(64-76-78(73,74)75-63-62-70(4,5)6)69-67(71)60-57-54-51-48-45-42-39-31-29-26-23-20-17-14-11-8-2/h11,14,19-20,22-23,28-31,56,59,65-66H,7-10,12-13,15-18,21,24-27,32-55,57-58,60-64H2,1-6H3,(H-,69,71,73,74)/p+1/b14-11+,22-19-,23-20+,30-28-,31-29+,59-56-. The summed E-state index contributed by atoms with van der Waals surface area (Å²) in [6.07, 6.45) is 74.7. The number of rotatable bonds is 59. The summed E-state index contributed by atoms with van der Waals surface area (Å²) in [5.74, 6) is -0.515. The fourth-order valence-electron chi connectivity index (χ4n) is 9.34. The van der Waals surface area contributed by atoms with Crippen LogP contribution in [0, 0.1) is 0 Å². The van der Waals surface area contributed by atoms with Crippen molar-refractivity contribution in [3.8, 4) is 0 Å². The lowest BCUT2D eigenvalue weighted by Crippen LogP contribution is -2.47. The SMILES string of the molecule is CC/C=C/C/C=C/C/C=C/CCCCCCCCC(=O)NC(COP(=O)(O)OCC[N+](C)(C)C)C(/C=C\CCCCCCCCCCCCC)OC(=O)CCCCCCCCCCCCCCC/C=C\C/C=C\CCCCC. The molecule has 0 saturated heterocycles. The largest absolute Gasteiger partial charge is 0.472 e. The first-order valence-corrected chi connectivity index (χ1v) is 34.3. The van der Waals surface area contributed by atoms with E-state index in [2.05, 4.69) is 86.8 Å². The third-order valence-electron chi connectivity index (χ3n) is 14.4. The van der Waals surface area contributed by atoms with E-state index in [-0.39, 0.29) is 31.5 Å². The van der Waals surface area contributed by atoms with Gasteiger partial charge in [0.2, 0.25) is 5.91 Å². The molecule has 0 aliphatic rings. The number of likely N-dealkylation sites (N-methyl/N-ethyl adjacent to an activating group) is 1. The second kappa shape index (κ2) is 57.7. The van der Waals surface area contributed by atoms with Gasteiger partial charge >= 0.3 is 13.8 Å². The van der Waals surface area contributed by atoms with Crippen LogP contribution < -0.4 is 5.32 Å². The Morgan fingerprint density at radius 1 is 0.462 bits per heavy atom. The van der Waals surface area contributed by atoms with Gasteiger partial charge in [0.25, 0.3) is 0 Å². The van der Waals surface area contributed by atoms with Crippen molar-refractivity contribution in [1.82, 2.24) is 5.32 Å². The number of unbranched alkanes of at least 4 members (excludes halogenated alkanes) is 33. The van der Waals surface area contributed by atoms with Crippen LogP contribution in [0.15, 0.2) is 72.9 Å². The van der Waals surface area contributed by atoms with Crippen molar-refractivity contribution in [2.24, 2.45) is 0 Å². The molecule has 0 radical (unpaired) electrons. The Morgan fingerprint density at radius 2 is 0.821 bits per heavy atom. The predicted octanol–water partition coefficient (Wildman–Crippen LogP) is 20.4. The monoisotopic (exact) mass is 1110 g/mol. The summed E-state index contributed by atoms with van der Waals surface area (Å²) in [4.78, 5) is 37.8. The Hall–Kier alpha value is -2.55. The highest BCUT2D eigenvalue weighted by Crippen LogP contribution is 2.43. The van der Waals surface area contributed by atoms with Crippen LogP contribution in [0.1, 0.15) is 297 Å². The first-order valence-electron chi connectivity index (χ1n) is 32.8. The third-order valence-corrected chi connectivity index (χ3v) is 15.4. The summed E-state index contributed by atoms with van der Waals surface area (Å²) in [6.45, 7) is 6.89. The highest BCUT2D eigenvalue weighted by Gasteiger charge is 2.30. The van der Waals surface area contributed by atoms with Crippen LogP contribution >= 0.6 is 7.82 Å². The molecule has 2 N–H and O–H groups in total. The van der Waals surface area contributed by atoms with Gasteiger partial charge in [-0.05, 0) is 96.0 Å². The fourth-order valence-corrected chi connectivity index (χ4v) is 10.1. The van der Waals surface area contributed by atoms with E-state index in [0.29, 0.717) is 17.4 Å². The Bertz CT molecular complexity index is 1570. The molecule has 0 aromatic carbocycles. The van der Waals surface area contributed by atoms with Crippen molar-refractivity contribution in [2.75, 3.05) is 40.9 Å². The molecule has 9 nitrogen and oxygen atoms in total. The van der Waals surface area contributed by atoms with Gasteiger partial charge in [-0.1, -0.05) is 261 Å². The van der Waals surface area contributed by atoms with Gasteiger partial charge in [0.05, 0.1) is 33.8 Å². The molecule has 0 rings (SSSR count). The number of phosphoric ester groups is 1. The first-order chi connectivity index (χ1) is 37.9. The Kier molecular flexibility index (Phi) is 55.8. The van der Waals surface area contributed by atoms with E-state index in [4.69, 9.17) is 13.8 Å². The lowest BCUT2D eigenvalue weighted by atomic mass is 10.0. The quantitative estimate of drug-likeness (QED) is 0.0205. The van der Waals surface area contributed by atoms with Gasteiger partial charge in [0.1, 0.15) is 19.3 Å². The topological polar surface area (TPSA) is 111 Å². The number of quaternary nitrogens is 1. The molecular weight excluding hydrogens is 988 g/mol. The number of esters is 1.